The predicted molar refractivity (Wildman–Crippen MR) is 54.0 cm³/mol. The molecule has 0 saturated carbocycles. The first kappa shape index (κ1) is 12.5. The van der Waals surface area contributed by atoms with Gasteiger partial charge in [-0.2, -0.15) is 13.2 Å². The van der Waals surface area contributed by atoms with Crippen LogP contribution in [0.5, 0.6) is 0 Å². The number of alkyl halides is 3. The normalized spacial score (nSPS) is 14.3. The second kappa shape index (κ2) is 4.53. The van der Waals surface area contributed by atoms with Gasteiger partial charge in [0.2, 0.25) is 0 Å². The molecule has 0 fully saturated rings. The molecule has 1 unspecified atom stereocenters. The summed E-state index contributed by atoms with van der Waals surface area (Å²) in [6.07, 6.45) is -6.40. The molecule has 5 heteroatoms. The highest BCUT2D eigenvalue weighted by Gasteiger charge is 2.28. The van der Waals surface area contributed by atoms with E-state index in [1.54, 1.807) is 6.07 Å². The quantitative estimate of drug-likeness (QED) is 0.850. The maximum atomic E-state index is 11.9. The molecule has 0 radical (unpaired) electrons. The molecule has 0 saturated heterocycles. The minimum Gasteiger partial charge on any atom is -0.388 e. The Kier molecular flexibility index (Phi) is 3.78. The molecule has 1 N–H and O–H groups in total. The van der Waals surface area contributed by atoms with Gasteiger partial charge in [0.25, 0.3) is 0 Å². The van der Waals surface area contributed by atoms with Gasteiger partial charge >= 0.3 is 6.18 Å². The second-order valence-corrected chi connectivity index (χ2v) is 5.00. The van der Waals surface area contributed by atoms with Gasteiger partial charge < -0.3 is 5.11 Å². The molecule has 0 spiro atoms. The van der Waals surface area contributed by atoms with Crippen LogP contribution in [0.2, 0.25) is 0 Å². The zero-order chi connectivity index (χ0) is 11.6. The van der Waals surface area contributed by atoms with E-state index in [0.29, 0.717) is 5.56 Å². The van der Waals surface area contributed by atoms with E-state index in [1.165, 1.54) is 11.3 Å². The molecule has 1 atom stereocenters. The summed E-state index contributed by atoms with van der Waals surface area (Å²) in [5.74, 6) is 0. The number of aliphatic hydroxyl groups is 1. The molecule has 1 aromatic rings. The minimum atomic E-state index is -4.19. The van der Waals surface area contributed by atoms with Crippen LogP contribution in [-0.4, -0.2) is 11.3 Å². The van der Waals surface area contributed by atoms with Gasteiger partial charge in [0.05, 0.1) is 6.10 Å². The Morgan fingerprint density at radius 2 is 2.00 bits per heavy atom. The topological polar surface area (TPSA) is 20.2 Å². The van der Waals surface area contributed by atoms with Crippen molar-refractivity contribution in [3.8, 4) is 0 Å². The van der Waals surface area contributed by atoms with E-state index in [2.05, 4.69) is 0 Å². The fourth-order valence-electron chi connectivity index (χ4n) is 1.44. The van der Waals surface area contributed by atoms with Crippen LogP contribution >= 0.6 is 11.3 Å². The first-order chi connectivity index (χ1) is 6.79. The summed E-state index contributed by atoms with van der Waals surface area (Å²) in [7, 11) is 0. The van der Waals surface area contributed by atoms with E-state index in [4.69, 9.17) is 0 Å². The van der Waals surface area contributed by atoms with Gasteiger partial charge in [-0.05, 0) is 31.9 Å². The maximum absolute atomic E-state index is 11.9. The molecule has 1 nitrogen and oxygen atoms in total. The first-order valence-corrected chi connectivity index (χ1v) is 5.43. The van der Waals surface area contributed by atoms with Crippen LogP contribution in [0.25, 0.3) is 0 Å². The van der Waals surface area contributed by atoms with Gasteiger partial charge in [-0.15, -0.1) is 11.3 Å². The van der Waals surface area contributed by atoms with Gasteiger partial charge in [0, 0.05) is 16.2 Å². The Bertz CT molecular complexity index is 330. The Labute approximate surface area is 90.6 Å². The number of aryl methyl sites for hydroxylation is 2. The Balaban J connectivity index is 2.61. The number of rotatable bonds is 3. The van der Waals surface area contributed by atoms with Crippen molar-refractivity contribution < 1.29 is 18.3 Å². The van der Waals surface area contributed by atoms with Crippen LogP contribution in [0.1, 0.15) is 34.3 Å². The Morgan fingerprint density at radius 1 is 1.40 bits per heavy atom. The van der Waals surface area contributed by atoms with E-state index in [0.717, 1.165) is 9.75 Å². The largest absolute Gasteiger partial charge is 0.389 e. The molecule has 0 amide bonds. The molecule has 1 aromatic heterocycles. The number of hydrogen-bond donors (Lipinski definition) is 1. The summed E-state index contributed by atoms with van der Waals surface area (Å²) in [5, 5.41) is 9.58. The maximum Gasteiger partial charge on any atom is 0.389 e. The Hall–Kier alpha value is -0.550. The number of thiophene rings is 1. The number of halogens is 3. The molecule has 1 heterocycles. The molecule has 0 aliphatic heterocycles. The summed E-state index contributed by atoms with van der Waals surface area (Å²) >= 11 is 1.49. The van der Waals surface area contributed by atoms with Crippen molar-refractivity contribution in [1.82, 2.24) is 0 Å². The van der Waals surface area contributed by atoms with E-state index in [-0.39, 0.29) is 6.42 Å². The summed E-state index contributed by atoms with van der Waals surface area (Å²) in [5.41, 5.74) is 0.627. The fraction of sp³-hybridized carbons (Fsp3) is 0.600. The molecular formula is C10H13F3OS. The van der Waals surface area contributed by atoms with Gasteiger partial charge in [-0.25, -0.2) is 0 Å². The predicted octanol–water partition coefficient (Wildman–Crippen LogP) is 3.74. The van der Waals surface area contributed by atoms with Crippen LogP contribution < -0.4 is 0 Å². The molecule has 0 aliphatic rings. The monoisotopic (exact) mass is 238 g/mol. The van der Waals surface area contributed by atoms with Gasteiger partial charge in [-0.3, -0.25) is 0 Å². The lowest BCUT2D eigenvalue weighted by atomic mass is 10.1. The number of hydrogen-bond acceptors (Lipinski definition) is 2. The molecule has 0 aromatic carbocycles. The zero-order valence-corrected chi connectivity index (χ0v) is 9.37. The van der Waals surface area contributed by atoms with Crippen LogP contribution in [0.3, 0.4) is 0 Å². The fourth-order valence-corrected chi connectivity index (χ4v) is 2.42. The lowest BCUT2D eigenvalue weighted by Crippen LogP contribution is -2.10. The van der Waals surface area contributed by atoms with Gasteiger partial charge in [0.15, 0.2) is 0 Å². The summed E-state index contributed by atoms with van der Waals surface area (Å²) < 4.78 is 35.8. The van der Waals surface area contributed by atoms with Crippen molar-refractivity contribution in [2.24, 2.45) is 0 Å². The summed E-state index contributed by atoms with van der Waals surface area (Å²) in [6.45, 7) is 3.68. The molecular weight excluding hydrogens is 225 g/mol. The van der Waals surface area contributed by atoms with Crippen LogP contribution in [0, 0.1) is 13.8 Å². The first-order valence-electron chi connectivity index (χ1n) is 4.61. The van der Waals surface area contributed by atoms with Gasteiger partial charge in [-0.1, -0.05) is 0 Å². The van der Waals surface area contributed by atoms with Crippen LogP contribution in [-0.2, 0) is 0 Å². The van der Waals surface area contributed by atoms with Crippen molar-refractivity contribution in [1.29, 1.82) is 0 Å². The van der Waals surface area contributed by atoms with Crippen molar-refractivity contribution in [2.75, 3.05) is 0 Å². The summed E-state index contributed by atoms with van der Waals surface area (Å²) in [4.78, 5) is 1.90. The number of aliphatic hydroxyl groups excluding tert-OH is 1. The lowest BCUT2D eigenvalue weighted by Gasteiger charge is -2.11. The van der Waals surface area contributed by atoms with E-state index in [1.807, 2.05) is 13.8 Å². The van der Waals surface area contributed by atoms with E-state index >= 15 is 0 Å². The second-order valence-electron chi connectivity index (χ2n) is 3.54. The highest BCUT2D eigenvalue weighted by atomic mass is 32.1. The SMILES string of the molecule is Cc1cc(C(O)CCC(F)(F)F)c(C)s1. The van der Waals surface area contributed by atoms with Crippen molar-refractivity contribution in [3.63, 3.8) is 0 Å². The zero-order valence-electron chi connectivity index (χ0n) is 8.56. The molecule has 0 aliphatic carbocycles. The van der Waals surface area contributed by atoms with Crippen LogP contribution in [0.4, 0.5) is 13.2 Å². The highest BCUT2D eigenvalue weighted by Crippen LogP contribution is 2.32. The van der Waals surface area contributed by atoms with Crippen LogP contribution in [0.15, 0.2) is 6.07 Å². The Morgan fingerprint density at radius 3 is 2.40 bits per heavy atom. The van der Waals surface area contributed by atoms with E-state index in [9.17, 15) is 18.3 Å². The van der Waals surface area contributed by atoms with E-state index < -0.39 is 18.7 Å². The third-order valence-electron chi connectivity index (χ3n) is 2.14. The average molecular weight is 238 g/mol. The minimum absolute atomic E-state index is 0.263. The van der Waals surface area contributed by atoms with Crippen molar-refractivity contribution in [3.05, 3.63) is 21.4 Å². The highest BCUT2D eigenvalue weighted by molar-refractivity contribution is 7.12. The smallest absolute Gasteiger partial charge is 0.388 e. The molecule has 15 heavy (non-hydrogen) atoms. The van der Waals surface area contributed by atoms with Gasteiger partial charge in [0.1, 0.15) is 0 Å². The third-order valence-corrected chi connectivity index (χ3v) is 3.12. The lowest BCUT2D eigenvalue weighted by molar-refractivity contribution is -0.140. The molecule has 1 rings (SSSR count). The average Bonchev–Trinajstić information content (AvgIpc) is 2.40. The third kappa shape index (κ3) is 3.83. The molecule has 86 valence electrons. The van der Waals surface area contributed by atoms with Crippen molar-refractivity contribution in [2.45, 2.75) is 39.0 Å². The summed E-state index contributed by atoms with van der Waals surface area (Å²) in [6, 6.07) is 1.75. The molecule has 0 bridgehead atoms. The van der Waals surface area contributed by atoms with Crippen molar-refractivity contribution >= 4 is 11.3 Å². The standard InChI is InChI=1S/C10H13F3OS/c1-6-5-8(7(2)15-6)9(14)3-4-10(11,12)13/h5,9,14H,3-4H2,1-2H3.